The molecular formula is C20H21N3O3. The molecule has 6 heteroatoms. The number of hydrogen-bond donors (Lipinski definition) is 3. The van der Waals surface area contributed by atoms with Gasteiger partial charge < -0.3 is 16.0 Å². The number of benzene rings is 2. The van der Waals surface area contributed by atoms with Crippen molar-refractivity contribution in [2.75, 3.05) is 5.32 Å². The molecule has 2 aromatic rings. The summed E-state index contributed by atoms with van der Waals surface area (Å²) in [7, 11) is 0. The lowest BCUT2D eigenvalue weighted by Crippen LogP contribution is -2.41. The second kappa shape index (κ2) is 7.82. The van der Waals surface area contributed by atoms with Gasteiger partial charge >= 0.3 is 0 Å². The molecule has 1 aliphatic carbocycles. The summed E-state index contributed by atoms with van der Waals surface area (Å²) in [5, 5.41) is 8.30. The van der Waals surface area contributed by atoms with Crippen LogP contribution in [-0.4, -0.2) is 29.8 Å². The molecule has 0 aliphatic heterocycles. The van der Waals surface area contributed by atoms with Gasteiger partial charge in [0.1, 0.15) is 6.04 Å². The Bertz CT molecular complexity index is 816. The van der Waals surface area contributed by atoms with Crippen molar-refractivity contribution < 1.29 is 14.4 Å². The van der Waals surface area contributed by atoms with E-state index in [1.165, 1.54) is 0 Å². The van der Waals surface area contributed by atoms with Gasteiger partial charge in [0.2, 0.25) is 5.91 Å². The predicted octanol–water partition coefficient (Wildman–Crippen LogP) is 2.34. The van der Waals surface area contributed by atoms with Gasteiger partial charge in [-0.05, 0) is 50.1 Å². The zero-order valence-corrected chi connectivity index (χ0v) is 14.5. The van der Waals surface area contributed by atoms with E-state index in [-0.39, 0.29) is 23.8 Å². The Morgan fingerprint density at radius 1 is 0.923 bits per heavy atom. The minimum absolute atomic E-state index is 0.144. The molecule has 6 nitrogen and oxygen atoms in total. The first-order valence-corrected chi connectivity index (χ1v) is 8.60. The maximum atomic E-state index is 12.3. The topological polar surface area (TPSA) is 87.3 Å². The number of amides is 3. The molecule has 1 fully saturated rings. The van der Waals surface area contributed by atoms with E-state index < -0.39 is 6.04 Å². The molecule has 2 aromatic carbocycles. The normalized spacial score (nSPS) is 14.2. The van der Waals surface area contributed by atoms with E-state index in [0.29, 0.717) is 16.8 Å². The fourth-order valence-electron chi connectivity index (χ4n) is 2.42. The van der Waals surface area contributed by atoms with E-state index in [9.17, 15) is 14.4 Å². The fraction of sp³-hybridized carbons (Fsp3) is 0.250. The Kier molecular flexibility index (Phi) is 5.31. The van der Waals surface area contributed by atoms with Crippen molar-refractivity contribution in [2.24, 2.45) is 0 Å². The first-order chi connectivity index (χ1) is 12.5. The molecule has 134 valence electrons. The molecule has 0 heterocycles. The molecule has 0 saturated heterocycles. The van der Waals surface area contributed by atoms with Gasteiger partial charge in [-0.2, -0.15) is 0 Å². The highest BCUT2D eigenvalue weighted by Gasteiger charge is 2.24. The third-order valence-electron chi connectivity index (χ3n) is 4.08. The van der Waals surface area contributed by atoms with Crippen LogP contribution in [0.15, 0.2) is 54.6 Å². The highest BCUT2D eigenvalue weighted by molar-refractivity contribution is 6.02. The Morgan fingerprint density at radius 3 is 2.31 bits per heavy atom. The first kappa shape index (κ1) is 17.7. The van der Waals surface area contributed by atoms with E-state index in [1.54, 1.807) is 55.5 Å². The number of hydrogen-bond acceptors (Lipinski definition) is 3. The van der Waals surface area contributed by atoms with Gasteiger partial charge in [-0.15, -0.1) is 0 Å². The monoisotopic (exact) mass is 351 g/mol. The van der Waals surface area contributed by atoms with Gasteiger partial charge in [-0.1, -0.05) is 24.3 Å². The molecule has 1 atom stereocenters. The maximum absolute atomic E-state index is 12.3. The summed E-state index contributed by atoms with van der Waals surface area (Å²) in [5.74, 6) is -0.811. The zero-order valence-electron chi connectivity index (χ0n) is 14.5. The number of rotatable bonds is 6. The standard InChI is InChI=1S/C20H21N3O3/c1-13(21-19(25)14-6-3-2-4-7-14)18(24)23-17-9-5-8-15(12-17)20(26)22-16-10-11-16/h2-9,12-13,16H,10-11H2,1H3,(H,21,25)(H,22,26)(H,23,24)/t13-/m0/s1. The van der Waals surface area contributed by atoms with Crippen molar-refractivity contribution in [3.63, 3.8) is 0 Å². The summed E-state index contributed by atoms with van der Waals surface area (Å²) in [4.78, 5) is 36.5. The van der Waals surface area contributed by atoms with Gasteiger partial charge in [-0.25, -0.2) is 0 Å². The summed E-state index contributed by atoms with van der Waals surface area (Å²) in [6, 6.07) is 15.0. The number of carbonyl (C=O) groups excluding carboxylic acids is 3. The Balaban J connectivity index is 1.58. The summed E-state index contributed by atoms with van der Waals surface area (Å²) < 4.78 is 0. The van der Waals surface area contributed by atoms with Gasteiger partial charge in [-0.3, -0.25) is 14.4 Å². The molecule has 26 heavy (non-hydrogen) atoms. The van der Waals surface area contributed by atoms with Crippen LogP contribution < -0.4 is 16.0 Å². The van der Waals surface area contributed by atoms with E-state index in [0.717, 1.165) is 12.8 Å². The van der Waals surface area contributed by atoms with Crippen LogP contribution in [0.25, 0.3) is 0 Å². The molecule has 0 spiro atoms. The molecule has 1 aliphatic rings. The quantitative estimate of drug-likeness (QED) is 0.746. The molecule has 0 radical (unpaired) electrons. The third kappa shape index (κ3) is 4.69. The molecule has 0 unspecified atom stereocenters. The average Bonchev–Trinajstić information content (AvgIpc) is 3.46. The van der Waals surface area contributed by atoms with Crippen molar-refractivity contribution in [3.8, 4) is 0 Å². The second-order valence-electron chi connectivity index (χ2n) is 6.38. The molecular weight excluding hydrogens is 330 g/mol. The number of anilines is 1. The van der Waals surface area contributed by atoms with Crippen molar-refractivity contribution in [3.05, 3.63) is 65.7 Å². The van der Waals surface area contributed by atoms with Gasteiger partial charge in [0.05, 0.1) is 0 Å². The second-order valence-corrected chi connectivity index (χ2v) is 6.38. The van der Waals surface area contributed by atoms with Crippen LogP contribution in [-0.2, 0) is 4.79 Å². The van der Waals surface area contributed by atoms with Crippen molar-refractivity contribution in [1.82, 2.24) is 10.6 Å². The van der Waals surface area contributed by atoms with Crippen LogP contribution >= 0.6 is 0 Å². The SMILES string of the molecule is C[C@H](NC(=O)c1ccccc1)C(=O)Nc1cccc(C(=O)NC2CC2)c1. The van der Waals surface area contributed by atoms with Crippen LogP contribution in [0.4, 0.5) is 5.69 Å². The molecule has 0 bridgehead atoms. The summed E-state index contributed by atoms with van der Waals surface area (Å²) in [6.45, 7) is 1.61. The minimum Gasteiger partial charge on any atom is -0.349 e. The molecule has 3 rings (SSSR count). The van der Waals surface area contributed by atoms with Gasteiger partial charge in [0, 0.05) is 22.9 Å². The van der Waals surface area contributed by atoms with E-state index in [1.807, 2.05) is 6.07 Å². The Morgan fingerprint density at radius 2 is 1.62 bits per heavy atom. The predicted molar refractivity (Wildman–Crippen MR) is 98.9 cm³/mol. The highest BCUT2D eigenvalue weighted by atomic mass is 16.2. The molecule has 1 saturated carbocycles. The minimum atomic E-state index is -0.716. The molecule has 3 N–H and O–H groups in total. The Hall–Kier alpha value is -3.15. The van der Waals surface area contributed by atoms with E-state index in [4.69, 9.17) is 0 Å². The summed E-state index contributed by atoms with van der Waals surface area (Å²) in [5.41, 5.74) is 1.50. The van der Waals surface area contributed by atoms with Crippen LogP contribution in [0.3, 0.4) is 0 Å². The van der Waals surface area contributed by atoms with Gasteiger partial charge in [0.15, 0.2) is 0 Å². The first-order valence-electron chi connectivity index (χ1n) is 8.60. The highest BCUT2D eigenvalue weighted by Crippen LogP contribution is 2.20. The smallest absolute Gasteiger partial charge is 0.251 e. The van der Waals surface area contributed by atoms with Crippen LogP contribution in [0.2, 0.25) is 0 Å². The van der Waals surface area contributed by atoms with Gasteiger partial charge in [0.25, 0.3) is 11.8 Å². The molecule has 3 amide bonds. The average molecular weight is 351 g/mol. The van der Waals surface area contributed by atoms with E-state index >= 15 is 0 Å². The number of nitrogens with one attached hydrogen (secondary N) is 3. The van der Waals surface area contributed by atoms with Crippen molar-refractivity contribution >= 4 is 23.4 Å². The van der Waals surface area contributed by atoms with Crippen LogP contribution in [0.5, 0.6) is 0 Å². The van der Waals surface area contributed by atoms with Crippen LogP contribution in [0.1, 0.15) is 40.5 Å². The molecule has 0 aromatic heterocycles. The third-order valence-corrected chi connectivity index (χ3v) is 4.08. The largest absolute Gasteiger partial charge is 0.349 e. The van der Waals surface area contributed by atoms with E-state index in [2.05, 4.69) is 16.0 Å². The van der Waals surface area contributed by atoms with Crippen molar-refractivity contribution in [2.45, 2.75) is 31.8 Å². The van der Waals surface area contributed by atoms with Crippen molar-refractivity contribution in [1.29, 1.82) is 0 Å². The van der Waals surface area contributed by atoms with Crippen LogP contribution in [0, 0.1) is 0 Å². The fourth-order valence-corrected chi connectivity index (χ4v) is 2.42. The maximum Gasteiger partial charge on any atom is 0.251 e. The lowest BCUT2D eigenvalue weighted by molar-refractivity contribution is -0.117. The summed E-state index contributed by atoms with van der Waals surface area (Å²) in [6.07, 6.45) is 2.03. The number of carbonyl (C=O) groups is 3. The summed E-state index contributed by atoms with van der Waals surface area (Å²) >= 11 is 0. The Labute approximate surface area is 152 Å². The lowest BCUT2D eigenvalue weighted by atomic mass is 10.1. The zero-order chi connectivity index (χ0) is 18.5. The lowest BCUT2D eigenvalue weighted by Gasteiger charge is -2.14.